The van der Waals surface area contributed by atoms with E-state index in [4.69, 9.17) is 16.3 Å². The molecule has 1 heterocycles. The molecule has 0 saturated carbocycles. The molecule has 0 fully saturated rings. The van der Waals surface area contributed by atoms with Crippen LogP contribution >= 0.6 is 23.4 Å². The van der Waals surface area contributed by atoms with Gasteiger partial charge in [0, 0.05) is 24.4 Å². The van der Waals surface area contributed by atoms with Crippen molar-refractivity contribution in [2.24, 2.45) is 0 Å². The van der Waals surface area contributed by atoms with E-state index in [-0.39, 0.29) is 22.2 Å². The highest BCUT2D eigenvalue weighted by atomic mass is 35.5. The third-order valence-corrected chi connectivity index (χ3v) is 6.17. The van der Waals surface area contributed by atoms with Crippen LogP contribution in [0.15, 0.2) is 34.6 Å². The lowest BCUT2D eigenvalue weighted by molar-refractivity contribution is -0.121. The molecule has 0 aliphatic rings. The highest BCUT2D eigenvalue weighted by Crippen LogP contribution is 2.28. The van der Waals surface area contributed by atoms with E-state index in [1.54, 1.807) is 0 Å². The first-order chi connectivity index (χ1) is 12.3. The van der Waals surface area contributed by atoms with Crippen molar-refractivity contribution in [3.05, 3.63) is 29.5 Å². The number of benzene rings is 1. The summed E-state index contributed by atoms with van der Waals surface area (Å²) in [6, 6.07) is 4.28. The molecule has 1 aromatic carbocycles. The monoisotopic (exact) mass is 419 g/mol. The van der Waals surface area contributed by atoms with Crippen molar-refractivity contribution >= 4 is 39.3 Å². The average Bonchev–Trinajstić information content (AvgIpc) is 3.12. The van der Waals surface area contributed by atoms with Gasteiger partial charge in [-0.1, -0.05) is 23.4 Å². The van der Waals surface area contributed by atoms with Crippen LogP contribution in [0.25, 0.3) is 0 Å². The summed E-state index contributed by atoms with van der Waals surface area (Å²) >= 11 is 7.27. The molecule has 26 heavy (non-hydrogen) atoms. The summed E-state index contributed by atoms with van der Waals surface area (Å²) < 4.78 is 31.4. The highest BCUT2D eigenvalue weighted by molar-refractivity contribution is 7.99. The number of amides is 1. The quantitative estimate of drug-likeness (QED) is 0.459. The predicted molar refractivity (Wildman–Crippen MR) is 97.9 cm³/mol. The first-order valence-corrected chi connectivity index (χ1v) is 10.2. The molecule has 12 heteroatoms. The maximum Gasteiger partial charge on any atom is 0.247 e. The Morgan fingerprint density at radius 1 is 1.46 bits per heavy atom. The molecule has 0 bridgehead atoms. The molecule has 1 aromatic heterocycles. The fourth-order valence-electron chi connectivity index (χ4n) is 1.97. The second-order valence-electron chi connectivity index (χ2n) is 5.05. The molecular weight excluding hydrogens is 402 g/mol. The Labute approximate surface area is 160 Å². The Hall–Kier alpha value is -1.82. The van der Waals surface area contributed by atoms with Gasteiger partial charge >= 0.3 is 0 Å². The first-order valence-electron chi connectivity index (χ1n) is 7.39. The fourth-order valence-corrected chi connectivity index (χ4v) is 4.14. The summed E-state index contributed by atoms with van der Waals surface area (Å²) in [6.07, 6.45) is 1.39. The van der Waals surface area contributed by atoms with E-state index >= 15 is 0 Å². The fraction of sp³-hybridized carbons (Fsp3) is 0.357. The predicted octanol–water partition coefficient (Wildman–Crippen LogP) is 0.996. The number of ether oxygens (including phenoxy) is 1. The van der Waals surface area contributed by atoms with Crippen molar-refractivity contribution in [2.45, 2.75) is 10.1 Å². The smallest absolute Gasteiger partial charge is 0.247 e. The summed E-state index contributed by atoms with van der Waals surface area (Å²) in [5.41, 5.74) is 0. The zero-order valence-corrected chi connectivity index (χ0v) is 16.5. The standard InChI is InChI=1S/C14H18ClN5O4S2/c1-20(8-13(21)16-5-6-25-14-17-9-18-19-14)26(22,23)12-7-10(15)3-4-11(12)24-2/h3-4,7,9H,5-6,8H2,1-2H3,(H,16,21)(H,17,18,19). The molecule has 2 N–H and O–H groups in total. The second kappa shape index (κ2) is 9.21. The largest absolute Gasteiger partial charge is 0.495 e. The van der Waals surface area contributed by atoms with Crippen LogP contribution in [0.4, 0.5) is 0 Å². The van der Waals surface area contributed by atoms with Crippen molar-refractivity contribution in [2.75, 3.05) is 33.0 Å². The van der Waals surface area contributed by atoms with Gasteiger partial charge in [-0.15, -0.1) is 0 Å². The molecule has 0 saturated heterocycles. The Kier molecular flexibility index (Phi) is 7.26. The normalized spacial score (nSPS) is 11.5. The number of carbonyl (C=O) groups excluding carboxylic acids is 1. The number of aromatic nitrogens is 3. The van der Waals surface area contributed by atoms with Gasteiger partial charge in [-0.3, -0.25) is 9.89 Å². The number of nitrogens with zero attached hydrogens (tertiary/aromatic N) is 3. The summed E-state index contributed by atoms with van der Waals surface area (Å²) in [6.45, 7) is 0.0313. The minimum absolute atomic E-state index is 0.0938. The molecule has 0 radical (unpaired) electrons. The van der Waals surface area contributed by atoms with E-state index in [0.29, 0.717) is 17.5 Å². The minimum atomic E-state index is -3.93. The third kappa shape index (κ3) is 5.34. The van der Waals surface area contributed by atoms with Gasteiger partial charge < -0.3 is 10.1 Å². The van der Waals surface area contributed by atoms with Gasteiger partial charge in [0.15, 0.2) is 5.16 Å². The van der Waals surface area contributed by atoms with Crippen LogP contribution in [0, 0.1) is 0 Å². The SMILES string of the molecule is COc1ccc(Cl)cc1S(=O)(=O)N(C)CC(=O)NCCSc1ncn[nH]1. The Balaban J connectivity index is 1.92. The Morgan fingerprint density at radius 2 is 2.23 bits per heavy atom. The summed E-state index contributed by atoms with van der Waals surface area (Å²) in [7, 11) is -1.25. The summed E-state index contributed by atoms with van der Waals surface area (Å²) in [4.78, 5) is 15.8. The lowest BCUT2D eigenvalue weighted by Gasteiger charge is -2.18. The van der Waals surface area contributed by atoms with Crippen LogP contribution < -0.4 is 10.1 Å². The van der Waals surface area contributed by atoms with Crippen LogP contribution in [0.1, 0.15) is 0 Å². The van der Waals surface area contributed by atoms with E-state index in [1.807, 2.05) is 0 Å². The second-order valence-corrected chi connectivity index (χ2v) is 8.58. The van der Waals surface area contributed by atoms with Crippen molar-refractivity contribution in [3.8, 4) is 5.75 Å². The number of thioether (sulfide) groups is 1. The number of hydrogen-bond acceptors (Lipinski definition) is 7. The van der Waals surface area contributed by atoms with E-state index in [1.165, 1.54) is 50.4 Å². The maximum atomic E-state index is 12.7. The zero-order valence-electron chi connectivity index (χ0n) is 14.1. The number of methoxy groups -OCH3 is 1. The van der Waals surface area contributed by atoms with Crippen LogP contribution in [0.5, 0.6) is 5.75 Å². The highest BCUT2D eigenvalue weighted by Gasteiger charge is 2.26. The van der Waals surface area contributed by atoms with E-state index in [0.717, 1.165) is 4.31 Å². The van der Waals surface area contributed by atoms with E-state index in [9.17, 15) is 13.2 Å². The van der Waals surface area contributed by atoms with Crippen molar-refractivity contribution in [3.63, 3.8) is 0 Å². The van der Waals surface area contributed by atoms with Crippen LogP contribution in [0.3, 0.4) is 0 Å². The van der Waals surface area contributed by atoms with Gasteiger partial charge in [-0.25, -0.2) is 13.4 Å². The van der Waals surface area contributed by atoms with Crippen molar-refractivity contribution < 1.29 is 17.9 Å². The number of sulfonamides is 1. The van der Waals surface area contributed by atoms with Gasteiger partial charge in [0.1, 0.15) is 17.0 Å². The number of likely N-dealkylation sites (N-methyl/N-ethyl adjacent to an activating group) is 1. The first kappa shape index (κ1) is 20.5. The van der Waals surface area contributed by atoms with Gasteiger partial charge in [-0.2, -0.15) is 9.40 Å². The molecule has 0 aliphatic heterocycles. The molecular formula is C14H18ClN5O4S2. The number of aromatic amines is 1. The summed E-state index contributed by atoms with van der Waals surface area (Å²) in [5.74, 6) is 0.305. The molecule has 0 unspecified atom stereocenters. The van der Waals surface area contributed by atoms with Gasteiger partial charge in [-0.05, 0) is 18.2 Å². The van der Waals surface area contributed by atoms with E-state index in [2.05, 4.69) is 20.5 Å². The van der Waals surface area contributed by atoms with E-state index < -0.39 is 15.9 Å². The number of halogens is 1. The molecule has 1 amide bonds. The number of rotatable bonds is 9. The van der Waals surface area contributed by atoms with Gasteiger partial charge in [0.25, 0.3) is 0 Å². The maximum absolute atomic E-state index is 12.7. The lowest BCUT2D eigenvalue weighted by atomic mass is 10.3. The zero-order chi connectivity index (χ0) is 19.2. The molecule has 0 aliphatic carbocycles. The number of H-pyrrole nitrogens is 1. The third-order valence-electron chi connectivity index (χ3n) is 3.24. The van der Waals surface area contributed by atoms with Crippen LogP contribution in [-0.2, 0) is 14.8 Å². The molecule has 9 nitrogen and oxygen atoms in total. The lowest BCUT2D eigenvalue weighted by Crippen LogP contribution is -2.39. The van der Waals surface area contributed by atoms with Crippen LogP contribution in [0.2, 0.25) is 5.02 Å². The Bertz CT molecular complexity index is 845. The van der Waals surface area contributed by atoms with Gasteiger partial charge in [0.2, 0.25) is 15.9 Å². The van der Waals surface area contributed by atoms with Crippen molar-refractivity contribution in [1.82, 2.24) is 24.8 Å². The van der Waals surface area contributed by atoms with Crippen LogP contribution in [-0.4, -0.2) is 66.8 Å². The number of hydrogen-bond donors (Lipinski definition) is 2. The summed E-state index contributed by atoms with van der Waals surface area (Å²) in [5, 5.41) is 9.96. The molecule has 0 atom stereocenters. The number of carbonyl (C=O) groups is 1. The molecule has 2 rings (SSSR count). The molecule has 0 spiro atoms. The number of nitrogens with one attached hydrogen (secondary N) is 2. The molecule has 142 valence electrons. The Morgan fingerprint density at radius 3 is 2.88 bits per heavy atom. The minimum Gasteiger partial charge on any atom is -0.495 e. The average molecular weight is 420 g/mol. The topological polar surface area (TPSA) is 117 Å². The molecule has 2 aromatic rings. The van der Waals surface area contributed by atoms with Crippen molar-refractivity contribution in [1.29, 1.82) is 0 Å². The van der Waals surface area contributed by atoms with Gasteiger partial charge in [0.05, 0.1) is 13.7 Å².